The van der Waals surface area contributed by atoms with Gasteiger partial charge in [0.15, 0.2) is 6.29 Å². The van der Waals surface area contributed by atoms with E-state index in [1.165, 1.54) is 0 Å². The number of aromatic nitrogens is 2. The second-order valence-corrected chi connectivity index (χ2v) is 3.77. The maximum absolute atomic E-state index is 5.15. The molecule has 0 unspecified atom stereocenters. The average molecular weight is 247 g/mol. The Kier molecular flexibility index (Phi) is 4.33. The number of methoxy groups -OCH3 is 2. The Labute approximate surface area is 106 Å². The number of benzene rings is 1. The molecule has 96 valence electrons. The lowest BCUT2D eigenvalue weighted by Crippen LogP contribution is -2.24. The molecule has 2 rings (SSSR count). The summed E-state index contributed by atoms with van der Waals surface area (Å²) in [6.07, 6.45) is 5.17. The molecule has 18 heavy (non-hydrogen) atoms. The molecule has 1 aromatic carbocycles. The van der Waals surface area contributed by atoms with Crippen molar-refractivity contribution in [3.05, 3.63) is 43.0 Å². The van der Waals surface area contributed by atoms with Crippen molar-refractivity contribution in [2.24, 2.45) is 0 Å². The second-order valence-electron chi connectivity index (χ2n) is 3.77. The quantitative estimate of drug-likeness (QED) is 0.792. The lowest BCUT2D eigenvalue weighted by molar-refractivity contribution is -0.0914. The summed E-state index contributed by atoms with van der Waals surface area (Å²) in [6.45, 7) is 0.582. The van der Waals surface area contributed by atoms with Crippen LogP contribution in [0.3, 0.4) is 0 Å². The van der Waals surface area contributed by atoms with E-state index in [-0.39, 0.29) is 6.29 Å². The van der Waals surface area contributed by atoms with Crippen LogP contribution in [0.2, 0.25) is 0 Å². The van der Waals surface area contributed by atoms with E-state index in [2.05, 4.69) is 10.3 Å². The smallest absolute Gasteiger partial charge is 0.173 e. The first-order chi connectivity index (χ1) is 8.85. The van der Waals surface area contributed by atoms with Gasteiger partial charge in [-0.1, -0.05) is 12.1 Å². The molecule has 0 amide bonds. The number of hydrogen-bond donors (Lipinski definition) is 1. The molecule has 5 nitrogen and oxygen atoms in total. The third-order valence-electron chi connectivity index (χ3n) is 2.67. The Morgan fingerprint density at radius 1 is 1.28 bits per heavy atom. The molecule has 0 spiro atoms. The monoisotopic (exact) mass is 247 g/mol. The fourth-order valence-electron chi connectivity index (χ4n) is 1.71. The van der Waals surface area contributed by atoms with Crippen LogP contribution >= 0.6 is 0 Å². The van der Waals surface area contributed by atoms with E-state index in [1.54, 1.807) is 26.7 Å². The summed E-state index contributed by atoms with van der Waals surface area (Å²) < 4.78 is 12.3. The van der Waals surface area contributed by atoms with E-state index in [1.807, 2.05) is 35.0 Å². The maximum Gasteiger partial charge on any atom is 0.173 e. The zero-order valence-corrected chi connectivity index (χ0v) is 10.5. The molecule has 0 aliphatic carbocycles. The minimum atomic E-state index is -0.263. The van der Waals surface area contributed by atoms with E-state index < -0.39 is 0 Å². The van der Waals surface area contributed by atoms with E-state index in [0.717, 1.165) is 11.4 Å². The maximum atomic E-state index is 5.15. The summed E-state index contributed by atoms with van der Waals surface area (Å²) in [5, 5.41) is 3.30. The number of hydrogen-bond acceptors (Lipinski definition) is 4. The van der Waals surface area contributed by atoms with Gasteiger partial charge in [-0.2, -0.15) is 0 Å². The molecule has 5 heteroatoms. The number of imidazole rings is 1. The number of para-hydroxylation sites is 2. The van der Waals surface area contributed by atoms with Crippen molar-refractivity contribution in [2.45, 2.75) is 6.29 Å². The van der Waals surface area contributed by atoms with Gasteiger partial charge in [-0.15, -0.1) is 0 Å². The number of rotatable bonds is 6. The first-order valence-electron chi connectivity index (χ1n) is 5.72. The van der Waals surface area contributed by atoms with Crippen molar-refractivity contribution in [3.63, 3.8) is 0 Å². The minimum Gasteiger partial charge on any atom is -0.378 e. The molecule has 0 atom stereocenters. The molecule has 0 radical (unpaired) electrons. The molecule has 1 N–H and O–H groups in total. The number of anilines is 1. The molecular weight excluding hydrogens is 230 g/mol. The van der Waals surface area contributed by atoms with Gasteiger partial charge in [0.1, 0.15) is 0 Å². The molecule has 1 heterocycles. The van der Waals surface area contributed by atoms with Crippen molar-refractivity contribution >= 4 is 5.69 Å². The van der Waals surface area contributed by atoms with Crippen LogP contribution in [0.1, 0.15) is 0 Å². The van der Waals surface area contributed by atoms with Crippen LogP contribution in [0.5, 0.6) is 0 Å². The highest BCUT2D eigenvalue weighted by atomic mass is 16.7. The van der Waals surface area contributed by atoms with Crippen LogP contribution < -0.4 is 5.32 Å². The molecule has 1 aromatic heterocycles. The van der Waals surface area contributed by atoms with Crippen molar-refractivity contribution in [1.29, 1.82) is 0 Å². The van der Waals surface area contributed by atoms with E-state index in [9.17, 15) is 0 Å². The summed E-state index contributed by atoms with van der Waals surface area (Å²) in [6, 6.07) is 8.01. The van der Waals surface area contributed by atoms with Crippen LogP contribution in [0.25, 0.3) is 5.69 Å². The minimum absolute atomic E-state index is 0.263. The Morgan fingerprint density at radius 2 is 2.06 bits per heavy atom. The largest absolute Gasteiger partial charge is 0.378 e. The van der Waals surface area contributed by atoms with E-state index in [4.69, 9.17) is 9.47 Å². The van der Waals surface area contributed by atoms with Gasteiger partial charge < -0.3 is 19.4 Å². The molecular formula is C13H17N3O2. The SMILES string of the molecule is COC(CNc1ccccc1-n1ccnc1)OC. The number of ether oxygens (including phenoxy) is 2. The molecule has 0 aliphatic heterocycles. The van der Waals surface area contributed by atoms with Gasteiger partial charge in [-0.25, -0.2) is 4.98 Å². The lowest BCUT2D eigenvalue weighted by atomic mass is 10.2. The third kappa shape index (κ3) is 2.88. The summed E-state index contributed by atoms with van der Waals surface area (Å²) in [7, 11) is 3.25. The standard InChI is InChI=1S/C13H17N3O2/c1-17-13(18-2)9-15-11-5-3-4-6-12(11)16-8-7-14-10-16/h3-8,10,13,15H,9H2,1-2H3. The topological polar surface area (TPSA) is 48.3 Å². The molecule has 0 fully saturated rings. The Bertz CT molecular complexity index is 467. The molecule has 0 aliphatic rings. The predicted octanol–water partition coefficient (Wildman–Crippen LogP) is 1.90. The normalized spacial score (nSPS) is 10.8. The summed E-state index contributed by atoms with van der Waals surface area (Å²) in [4.78, 5) is 4.05. The lowest BCUT2D eigenvalue weighted by Gasteiger charge is -2.17. The predicted molar refractivity (Wildman–Crippen MR) is 69.9 cm³/mol. The van der Waals surface area contributed by atoms with Gasteiger partial charge in [0.2, 0.25) is 0 Å². The van der Waals surface area contributed by atoms with Gasteiger partial charge in [0.05, 0.1) is 24.2 Å². The van der Waals surface area contributed by atoms with Crippen molar-refractivity contribution < 1.29 is 9.47 Å². The van der Waals surface area contributed by atoms with Crippen LogP contribution in [0.15, 0.2) is 43.0 Å². The highest BCUT2D eigenvalue weighted by Crippen LogP contribution is 2.19. The molecule has 2 aromatic rings. The first-order valence-corrected chi connectivity index (χ1v) is 5.72. The van der Waals surface area contributed by atoms with Crippen molar-refractivity contribution in [3.8, 4) is 5.69 Å². The Morgan fingerprint density at radius 3 is 2.72 bits per heavy atom. The third-order valence-corrected chi connectivity index (χ3v) is 2.67. The average Bonchev–Trinajstić information content (AvgIpc) is 2.94. The van der Waals surface area contributed by atoms with Gasteiger partial charge in [-0.3, -0.25) is 0 Å². The van der Waals surface area contributed by atoms with Crippen molar-refractivity contribution in [2.75, 3.05) is 26.1 Å². The summed E-state index contributed by atoms with van der Waals surface area (Å²) in [5.41, 5.74) is 2.05. The Balaban J connectivity index is 2.13. The van der Waals surface area contributed by atoms with Crippen molar-refractivity contribution in [1.82, 2.24) is 9.55 Å². The van der Waals surface area contributed by atoms with Gasteiger partial charge in [-0.05, 0) is 12.1 Å². The first kappa shape index (κ1) is 12.6. The van der Waals surface area contributed by atoms with E-state index >= 15 is 0 Å². The van der Waals surface area contributed by atoms with Crippen LogP contribution in [-0.2, 0) is 9.47 Å². The van der Waals surface area contributed by atoms with Crippen LogP contribution in [-0.4, -0.2) is 36.6 Å². The Hall–Kier alpha value is -1.85. The fourth-order valence-corrected chi connectivity index (χ4v) is 1.71. The van der Waals surface area contributed by atoms with Crippen LogP contribution in [0, 0.1) is 0 Å². The van der Waals surface area contributed by atoms with Gasteiger partial charge >= 0.3 is 0 Å². The van der Waals surface area contributed by atoms with Gasteiger partial charge in [0.25, 0.3) is 0 Å². The second kappa shape index (κ2) is 6.18. The fraction of sp³-hybridized carbons (Fsp3) is 0.308. The summed E-state index contributed by atoms with van der Waals surface area (Å²) in [5.74, 6) is 0. The molecule has 0 saturated heterocycles. The zero-order chi connectivity index (χ0) is 12.8. The highest BCUT2D eigenvalue weighted by molar-refractivity contribution is 5.60. The van der Waals surface area contributed by atoms with E-state index in [0.29, 0.717) is 6.54 Å². The molecule has 0 bridgehead atoms. The zero-order valence-electron chi connectivity index (χ0n) is 10.5. The number of nitrogens with zero attached hydrogens (tertiary/aromatic N) is 2. The van der Waals surface area contributed by atoms with Gasteiger partial charge in [0, 0.05) is 26.6 Å². The summed E-state index contributed by atoms with van der Waals surface area (Å²) >= 11 is 0. The number of nitrogens with one attached hydrogen (secondary N) is 1. The molecule has 0 saturated carbocycles. The highest BCUT2D eigenvalue weighted by Gasteiger charge is 2.07. The van der Waals surface area contributed by atoms with Crippen LogP contribution in [0.4, 0.5) is 5.69 Å².